The molecule has 0 amide bonds. The van der Waals surface area contributed by atoms with Crippen LogP contribution in [0.15, 0.2) is 36.4 Å². The number of benzene rings is 2. The van der Waals surface area contributed by atoms with Crippen LogP contribution in [0.1, 0.15) is 40.6 Å². The van der Waals surface area contributed by atoms with E-state index in [1.165, 1.54) is 11.1 Å². The number of fused-ring (bicyclic) bond motifs is 1. The van der Waals surface area contributed by atoms with Crippen molar-refractivity contribution in [2.75, 3.05) is 0 Å². The van der Waals surface area contributed by atoms with Crippen LogP contribution in [0.3, 0.4) is 0 Å². The Hall–Kier alpha value is -1.74. The van der Waals surface area contributed by atoms with Crippen molar-refractivity contribution in [1.82, 2.24) is 0 Å². The summed E-state index contributed by atoms with van der Waals surface area (Å²) in [7, 11) is 0. The van der Waals surface area contributed by atoms with Gasteiger partial charge in [-0.05, 0) is 36.5 Å². The second kappa shape index (κ2) is 4.98. The van der Waals surface area contributed by atoms with Gasteiger partial charge in [-0.25, -0.2) is 8.78 Å². The summed E-state index contributed by atoms with van der Waals surface area (Å²) in [6.07, 6.45) is 1.83. The van der Waals surface area contributed by atoms with Crippen molar-refractivity contribution in [3.8, 4) is 0 Å². The summed E-state index contributed by atoms with van der Waals surface area (Å²) < 4.78 is 27.8. The molecule has 3 rings (SSSR count). The highest BCUT2D eigenvalue weighted by molar-refractivity contribution is 5.39. The van der Waals surface area contributed by atoms with Crippen molar-refractivity contribution < 1.29 is 8.78 Å². The summed E-state index contributed by atoms with van der Waals surface area (Å²) in [5.74, 6) is -1.53. The van der Waals surface area contributed by atoms with E-state index in [-0.39, 0.29) is 11.5 Å². The van der Waals surface area contributed by atoms with E-state index < -0.39 is 17.7 Å². The van der Waals surface area contributed by atoms with Gasteiger partial charge in [0.1, 0.15) is 0 Å². The van der Waals surface area contributed by atoms with Gasteiger partial charge in [-0.1, -0.05) is 36.4 Å². The van der Waals surface area contributed by atoms with Crippen molar-refractivity contribution in [1.29, 1.82) is 0 Å². The van der Waals surface area contributed by atoms with Crippen molar-refractivity contribution in [2.45, 2.75) is 31.7 Å². The molecule has 0 spiro atoms. The van der Waals surface area contributed by atoms with Crippen LogP contribution < -0.4 is 5.73 Å². The van der Waals surface area contributed by atoms with Gasteiger partial charge < -0.3 is 5.73 Å². The molecule has 0 heterocycles. The highest BCUT2D eigenvalue weighted by Gasteiger charge is 2.30. The normalized spacial score (nSPS) is 18.9. The van der Waals surface area contributed by atoms with E-state index >= 15 is 0 Å². The van der Waals surface area contributed by atoms with Crippen LogP contribution in [0.25, 0.3) is 0 Å². The Labute approximate surface area is 117 Å². The second-order valence-electron chi connectivity index (χ2n) is 5.47. The molecule has 1 aliphatic rings. The zero-order chi connectivity index (χ0) is 14.3. The first-order valence-electron chi connectivity index (χ1n) is 6.87. The second-order valence-corrected chi connectivity index (χ2v) is 5.47. The predicted molar refractivity (Wildman–Crippen MR) is 75.5 cm³/mol. The number of rotatable bonds is 2. The maximum Gasteiger partial charge on any atom is 0.163 e. The van der Waals surface area contributed by atoms with Gasteiger partial charge in [0.05, 0.1) is 0 Å². The summed E-state index contributed by atoms with van der Waals surface area (Å²) in [6, 6.07) is 10.8. The predicted octanol–water partition coefficient (Wildman–Crippen LogP) is 4.00. The van der Waals surface area contributed by atoms with Crippen molar-refractivity contribution in [3.63, 3.8) is 0 Å². The van der Waals surface area contributed by atoms with Crippen LogP contribution in [-0.4, -0.2) is 0 Å². The van der Waals surface area contributed by atoms with Crippen LogP contribution in [0.5, 0.6) is 0 Å². The largest absolute Gasteiger partial charge is 0.323 e. The molecule has 1 aliphatic carbocycles. The molecule has 0 aliphatic heterocycles. The van der Waals surface area contributed by atoms with E-state index in [1.807, 2.05) is 18.2 Å². The molecule has 2 atom stereocenters. The number of hydrogen-bond acceptors (Lipinski definition) is 1. The van der Waals surface area contributed by atoms with Gasteiger partial charge in [0.15, 0.2) is 11.6 Å². The van der Waals surface area contributed by atoms with Gasteiger partial charge >= 0.3 is 0 Å². The van der Waals surface area contributed by atoms with Gasteiger partial charge in [-0.3, -0.25) is 0 Å². The fourth-order valence-electron chi connectivity index (χ4n) is 3.10. The van der Waals surface area contributed by atoms with Crippen molar-refractivity contribution >= 4 is 0 Å². The van der Waals surface area contributed by atoms with Gasteiger partial charge in [-0.15, -0.1) is 0 Å². The fraction of sp³-hybridized carbons (Fsp3) is 0.294. The molecule has 20 heavy (non-hydrogen) atoms. The average Bonchev–Trinajstić information content (AvgIpc) is 2.88. The summed E-state index contributed by atoms with van der Waals surface area (Å²) >= 11 is 0. The number of hydrogen-bond donors (Lipinski definition) is 1. The Kier molecular flexibility index (Phi) is 3.30. The molecule has 0 bridgehead atoms. The summed E-state index contributed by atoms with van der Waals surface area (Å²) in [5, 5.41) is 0. The Morgan fingerprint density at radius 3 is 2.65 bits per heavy atom. The van der Waals surface area contributed by atoms with E-state index in [4.69, 9.17) is 5.73 Å². The molecule has 3 heteroatoms. The lowest BCUT2D eigenvalue weighted by Gasteiger charge is -2.21. The van der Waals surface area contributed by atoms with Gasteiger partial charge in [0.25, 0.3) is 0 Å². The standard InChI is InChI=1S/C17H17F2N/c1-10-6-8-14(16(19)15(10)18)17(20)13-9-7-11-4-2-3-5-12(11)13/h2-6,8,13,17H,7,9,20H2,1H3. The van der Waals surface area contributed by atoms with E-state index in [2.05, 4.69) is 6.07 Å². The zero-order valence-electron chi connectivity index (χ0n) is 11.4. The molecule has 2 unspecified atom stereocenters. The first-order valence-corrected chi connectivity index (χ1v) is 6.87. The molecule has 0 saturated heterocycles. The number of aryl methyl sites for hydroxylation is 2. The minimum atomic E-state index is -0.804. The Morgan fingerprint density at radius 1 is 1.10 bits per heavy atom. The van der Waals surface area contributed by atoms with E-state index in [0.717, 1.165) is 12.8 Å². The minimum absolute atomic E-state index is 0.0582. The van der Waals surface area contributed by atoms with Gasteiger partial charge in [0, 0.05) is 17.5 Å². The van der Waals surface area contributed by atoms with Crippen LogP contribution in [-0.2, 0) is 6.42 Å². The van der Waals surface area contributed by atoms with E-state index in [0.29, 0.717) is 5.56 Å². The average molecular weight is 273 g/mol. The summed E-state index contributed by atoms with van der Waals surface area (Å²) in [5.41, 5.74) is 9.24. The Balaban J connectivity index is 1.99. The van der Waals surface area contributed by atoms with Crippen LogP contribution >= 0.6 is 0 Å². The molecular formula is C17H17F2N. The Bertz CT molecular complexity index is 651. The molecule has 0 saturated carbocycles. The van der Waals surface area contributed by atoms with E-state index in [1.54, 1.807) is 19.1 Å². The number of nitrogens with two attached hydrogens (primary N) is 1. The van der Waals surface area contributed by atoms with Crippen LogP contribution in [0, 0.1) is 18.6 Å². The first-order chi connectivity index (χ1) is 9.59. The minimum Gasteiger partial charge on any atom is -0.323 e. The van der Waals surface area contributed by atoms with Crippen molar-refractivity contribution in [2.24, 2.45) is 5.73 Å². The summed E-state index contributed by atoms with van der Waals surface area (Å²) in [6.45, 7) is 1.55. The third kappa shape index (κ3) is 2.02. The lowest BCUT2D eigenvalue weighted by molar-refractivity contribution is 0.464. The van der Waals surface area contributed by atoms with Crippen LogP contribution in [0.4, 0.5) is 8.78 Å². The van der Waals surface area contributed by atoms with Crippen LogP contribution in [0.2, 0.25) is 0 Å². The summed E-state index contributed by atoms with van der Waals surface area (Å²) in [4.78, 5) is 0. The number of halogens is 2. The monoisotopic (exact) mass is 273 g/mol. The van der Waals surface area contributed by atoms with Crippen molar-refractivity contribution in [3.05, 3.63) is 70.3 Å². The topological polar surface area (TPSA) is 26.0 Å². The highest BCUT2D eigenvalue weighted by Crippen LogP contribution is 2.41. The highest BCUT2D eigenvalue weighted by atomic mass is 19.2. The third-order valence-electron chi connectivity index (χ3n) is 4.28. The lowest BCUT2D eigenvalue weighted by atomic mass is 9.88. The maximum absolute atomic E-state index is 14.1. The van der Waals surface area contributed by atoms with E-state index in [9.17, 15) is 8.78 Å². The molecular weight excluding hydrogens is 256 g/mol. The van der Waals surface area contributed by atoms with Gasteiger partial charge in [-0.2, -0.15) is 0 Å². The zero-order valence-corrected chi connectivity index (χ0v) is 11.4. The molecule has 2 aromatic carbocycles. The fourth-order valence-corrected chi connectivity index (χ4v) is 3.10. The first kappa shape index (κ1) is 13.3. The molecule has 0 aromatic heterocycles. The molecule has 2 aromatic rings. The Morgan fingerprint density at radius 2 is 1.85 bits per heavy atom. The molecule has 1 nitrogen and oxygen atoms in total. The lowest BCUT2D eigenvalue weighted by Crippen LogP contribution is -2.20. The maximum atomic E-state index is 14.1. The third-order valence-corrected chi connectivity index (χ3v) is 4.28. The molecule has 2 N–H and O–H groups in total. The molecule has 104 valence electrons. The molecule has 0 fully saturated rings. The van der Waals surface area contributed by atoms with Gasteiger partial charge in [0.2, 0.25) is 0 Å². The SMILES string of the molecule is Cc1ccc(C(N)C2CCc3ccccc32)c(F)c1F. The quantitative estimate of drug-likeness (QED) is 0.879. The smallest absolute Gasteiger partial charge is 0.163 e. The molecule has 0 radical (unpaired) electrons.